The van der Waals surface area contributed by atoms with E-state index >= 15 is 0 Å². The molecule has 1 heterocycles. The molecular formula is C16H11NO2. The molecule has 2 aromatic carbocycles. The number of hydrogen-bond acceptors (Lipinski definition) is 2. The molecule has 0 atom stereocenters. The van der Waals surface area contributed by atoms with Crippen molar-refractivity contribution in [1.82, 2.24) is 4.57 Å². The van der Waals surface area contributed by atoms with Gasteiger partial charge in [0.25, 0.3) is 0 Å². The molecule has 0 aliphatic carbocycles. The van der Waals surface area contributed by atoms with Crippen LogP contribution in [0.5, 0.6) is 0 Å². The number of carbonyl (C=O) groups is 2. The zero-order chi connectivity index (χ0) is 13.2. The van der Waals surface area contributed by atoms with Crippen molar-refractivity contribution in [3.8, 4) is 5.69 Å². The van der Waals surface area contributed by atoms with Gasteiger partial charge in [-0.2, -0.15) is 0 Å². The van der Waals surface area contributed by atoms with Crippen LogP contribution in [0.2, 0.25) is 0 Å². The van der Waals surface area contributed by atoms with Gasteiger partial charge < -0.3 is 4.57 Å². The summed E-state index contributed by atoms with van der Waals surface area (Å²) in [6, 6.07) is 17.3. The summed E-state index contributed by atoms with van der Waals surface area (Å²) in [6.07, 6.45) is 2.08. The van der Waals surface area contributed by atoms with Crippen LogP contribution < -0.4 is 0 Å². The molecule has 0 saturated carbocycles. The average Bonchev–Trinajstić information content (AvgIpc) is 2.87. The van der Waals surface area contributed by atoms with Gasteiger partial charge in [0.2, 0.25) is 5.78 Å². The number of hydrogen-bond donors (Lipinski definition) is 0. The molecule has 0 unspecified atom stereocenters. The number of para-hydroxylation sites is 2. The van der Waals surface area contributed by atoms with Crippen LogP contribution in [-0.2, 0) is 4.79 Å². The van der Waals surface area contributed by atoms with Crippen molar-refractivity contribution in [2.45, 2.75) is 0 Å². The van der Waals surface area contributed by atoms with Crippen LogP contribution in [0.15, 0.2) is 60.8 Å². The summed E-state index contributed by atoms with van der Waals surface area (Å²) >= 11 is 0. The minimum absolute atomic E-state index is 0.358. The summed E-state index contributed by atoms with van der Waals surface area (Å²) in [5.74, 6) is -0.495. The fraction of sp³-hybridized carbons (Fsp3) is 0. The molecule has 3 aromatic rings. The Morgan fingerprint density at radius 2 is 1.63 bits per heavy atom. The number of nitrogens with zero attached hydrogens (tertiary/aromatic N) is 1. The van der Waals surface area contributed by atoms with Gasteiger partial charge in [-0.15, -0.1) is 0 Å². The van der Waals surface area contributed by atoms with E-state index in [-0.39, 0.29) is 0 Å². The Hall–Kier alpha value is -2.68. The number of Topliss-reactive ketones (excluding diaryl/α,β-unsaturated/α-hetero) is 1. The zero-order valence-corrected chi connectivity index (χ0v) is 10.1. The summed E-state index contributed by atoms with van der Waals surface area (Å²) in [5, 5.41) is 0.795. The van der Waals surface area contributed by atoms with E-state index in [2.05, 4.69) is 0 Å². The Balaban J connectivity index is 2.32. The van der Waals surface area contributed by atoms with Crippen molar-refractivity contribution >= 4 is 23.0 Å². The first-order valence-electron chi connectivity index (χ1n) is 5.96. The Morgan fingerprint density at radius 3 is 2.37 bits per heavy atom. The summed E-state index contributed by atoms with van der Waals surface area (Å²) in [5.41, 5.74) is 2.32. The lowest BCUT2D eigenvalue weighted by Crippen LogP contribution is -1.98. The van der Waals surface area contributed by atoms with Crippen LogP contribution in [0, 0.1) is 0 Å². The van der Waals surface area contributed by atoms with Gasteiger partial charge in [-0.05, 0) is 18.2 Å². The smallest absolute Gasteiger partial charge is 0.227 e. The third-order valence-electron chi connectivity index (χ3n) is 3.12. The number of rotatable bonds is 3. The van der Waals surface area contributed by atoms with Gasteiger partial charge in [0, 0.05) is 17.3 Å². The van der Waals surface area contributed by atoms with E-state index in [0.29, 0.717) is 11.8 Å². The molecule has 1 aromatic heterocycles. The maximum absolute atomic E-state index is 11.7. The third kappa shape index (κ3) is 1.85. The molecule has 3 rings (SSSR count). The molecule has 0 radical (unpaired) electrons. The average molecular weight is 249 g/mol. The lowest BCUT2D eigenvalue weighted by atomic mass is 10.1. The molecule has 19 heavy (non-hydrogen) atoms. The second kappa shape index (κ2) is 4.53. The lowest BCUT2D eigenvalue weighted by Gasteiger charge is -2.04. The second-order valence-electron chi connectivity index (χ2n) is 4.25. The molecule has 0 fully saturated rings. The van der Waals surface area contributed by atoms with Crippen LogP contribution in [0.4, 0.5) is 0 Å². The number of fused-ring (bicyclic) bond motifs is 1. The van der Waals surface area contributed by atoms with Gasteiger partial charge >= 0.3 is 0 Å². The van der Waals surface area contributed by atoms with Gasteiger partial charge in [-0.1, -0.05) is 36.4 Å². The largest absolute Gasteiger partial charge is 0.316 e. The van der Waals surface area contributed by atoms with Crippen molar-refractivity contribution in [2.24, 2.45) is 0 Å². The molecular weight excluding hydrogens is 238 g/mol. The van der Waals surface area contributed by atoms with Gasteiger partial charge in [0.1, 0.15) is 0 Å². The molecule has 0 aliphatic rings. The highest BCUT2D eigenvalue weighted by molar-refractivity contribution is 6.36. The minimum Gasteiger partial charge on any atom is -0.316 e. The standard InChI is InChI=1S/C16H11NO2/c18-11-16(19)14-10-17(12-6-2-1-3-7-12)15-9-5-4-8-13(14)15/h1-11H. The van der Waals surface area contributed by atoms with Crippen LogP contribution in [0.3, 0.4) is 0 Å². The lowest BCUT2D eigenvalue weighted by molar-refractivity contribution is -0.104. The fourth-order valence-electron chi connectivity index (χ4n) is 2.24. The molecule has 0 N–H and O–H groups in total. The van der Waals surface area contributed by atoms with E-state index < -0.39 is 5.78 Å². The van der Waals surface area contributed by atoms with E-state index in [1.54, 1.807) is 6.20 Å². The van der Waals surface area contributed by atoms with E-state index in [4.69, 9.17) is 0 Å². The molecule has 0 aliphatic heterocycles. The van der Waals surface area contributed by atoms with Crippen molar-refractivity contribution in [2.75, 3.05) is 0 Å². The molecule has 0 saturated heterocycles. The highest BCUT2D eigenvalue weighted by atomic mass is 16.2. The molecule has 3 nitrogen and oxygen atoms in total. The summed E-state index contributed by atoms with van der Waals surface area (Å²) < 4.78 is 1.92. The Kier molecular flexibility index (Phi) is 2.72. The van der Waals surface area contributed by atoms with Crippen molar-refractivity contribution in [3.63, 3.8) is 0 Å². The summed E-state index contributed by atoms with van der Waals surface area (Å²) in [4.78, 5) is 22.4. The fourth-order valence-corrected chi connectivity index (χ4v) is 2.24. The van der Waals surface area contributed by atoms with E-state index in [1.165, 1.54) is 0 Å². The monoisotopic (exact) mass is 249 g/mol. The molecule has 3 heteroatoms. The zero-order valence-electron chi connectivity index (χ0n) is 10.1. The number of carbonyl (C=O) groups excluding carboxylic acids is 2. The van der Waals surface area contributed by atoms with Gasteiger partial charge in [-0.25, -0.2) is 0 Å². The predicted molar refractivity (Wildman–Crippen MR) is 73.7 cm³/mol. The summed E-state index contributed by atoms with van der Waals surface area (Å²) in [7, 11) is 0. The predicted octanol–water partition coefficient (Wildman–Crippen LogP) is 3.01. The van der Waals surface area contributed by atoms with Gasteiger partial charge in [0.05, 0.1) is 11.1 Å². The second-order valence-corrected chi connectivity index (χ2v) is 4.25. The van der Waals surface area contributed by atoms with Crippen LogP contribution in [0.25, 0.3) is 16.6 Å². The number of aldehydes is 1. The van der Waals surface area contributed by atoms with E-state index in [9.17, 15) is 9.59 Å². The first kappa shape index (κ1) is 11.4. The van der Waals surface area contributed by atoms with Crippen LogP contribution in [-0.4, -0.2) is 16.6 Å². The molecule has 0 bridgehead atoms. The highest BCUT2D eigenvalue weighted by Crippen LogP contribution is 2.24. The van der Waals surface area contributed by atoms with Gasteiger partial charge in [-0.3, -0.25) is 9.59 Å². The maximum Gasteiger partial charge on any atom is 0.227 e. The van der Waals surface area contributed by atoms with E-state index in [0.717, 1.165) is 16.6 Å². The molecule has 0 amide bonds. The van der Waals surface area contributed by atoms with Crippen molar-refractivity contribution < 1.29 is 9.59 Å². The molecule has 92 valence electrons. The van der Waals surface area contributed by atoms with Crippen LogP contribution >= 0.6 is 0 Å². The third-order valence-corrected chi connectivity index (χ3v) is 3.12. The van der Waals surface area contributed by atoms with Crippen molar-refractivity contribution in [1.29, 1.82) is 0 Å². The number of benzene rings is 2. The number of aromatic nitrogens is 1. The first-order valence-corrected chi connectivity index (χ1v) is 5.96. The number of ketones is 1. The minimum atomic E-state index is -0.495. The SMILES string of the molecule is O=CC(=O)c1cn(-c2ccccc2)c2ccccc12. The maximum atomic E-state index is 11.7. The summed E-state index contributed by atoms with van der Waals surface area (Å²) in [6.45, 7) is 0. The normalized spacial score (nSPS) is 10.5. The Labute approximate surface area is 110 Å². The van der Waals surface area contributed by atoms with Crippen molar-refractivity contribution in [3.05, 3.63) is 66.4 Å². The topological polar surface area (TPSA) is 39.1 Å². The van der Waals surface area contributed by atoms with Gasteiger partial charge in [0.15, 0.2) is 6.29 Å². The van der Waals surface area contributed by atoms with Crippen LogP contribution in [0.1, 0.15) is 10.4 Å². The highest BCUT2D eigenvalue weighted by Gasteiger charge is 2.14. The van der Waals surface area contributed by atoms with E-state index in [1.807, 2.05) is 59.2 Å². The first-order chi connectivity index (χ1) is 9.31. The molecule has 0 spiro atoms. The Bertz CT molecular complexity index is 757. The Morgan fingerprint density at radius 1 is 0.947 bits per heavy atom. The quantitative estimate of drug-likeness (QED) is 0.406.